The van der Waals surface area contributed by atoms with Crippen LogP contribution < -0.4 is 34.3 Å². The molecule has 0 unspecified atom stereocenters. The summed E-state index contributed by atoms with van der Waals surface area (Å²) in [5, 5.41) is 0. The van der Waals surface area contributed by atoms with E-state index in [0.29, 0.717) is 6.42 Å². The summed E-state index contributed by atoms with van der Waals surface area (Å²) in [5.41, 5.74) is 0. The van der Waals surface area contributed by atoms with Crippen molar-refractivity contribution in [3.63, 3.8) is 0 Å². The fourth-order valence-corrected chi connectivity index (χ4v) is 1.84. The van der Waals surface area contributed by atoms with Crippen molar-refractivity contribution in [1.29, 1.82) is 0 Å². The number of carbonyl (C=O) groups excluding carboxylic acids is 1. The maximum atomic E-state index is 11.3. The largest absolute Gasteiger partial charge is 1.00 e. The van der Waals surface area contributed by atoms with Crippen molar-refractivity contribution in [1.82, 2.24) is 0 Å². The number of benzene rings is 1. The third-order valence-corrected chi connectivity index (χ3v) is 2.95. The fraction of sp³-hybridized carbons (Fsp3) is 0.364. The molecule has 5 nitrogen and oxygen atoms in total. The molecule has 7 heteroatoms. The molecule has 0 N–H and O–H groups in total. The fourth-order valence-electron chi connectivity index (χ4n) is 1.24. The number of rotatable bonds is 5. The van der Waals surface area contributed by atoms with Crippen LogP contribution in [-0.2, 0) is 14.9 Å². The third-order valence-electron chi connectivity index (χ3n) is 2.08. The molecule has 0 amide bonds. The second-order valence-electron chi connectivity index (χ2n) is 3.48. The molecule has 18 heavy (non-hydrogen) atoms. The summed E-state index contributed by atoms with van der Waals surface area (Å²) >= 11 is 0. The van der Waals surface area contributed by atoms with Crippen molar-refractivity contribution in [2.75, 3.05) is 0 Å². The number of unbranched alkanes of at least 4 members (excludes halogenated alkanes) is 1. The molecule has 0 saturated carbocycles. The van der Waals surface area contributed by atoms with Gasteiger partial charge in [0.15, 0.2) is 0 Å². The Morgan fingerprint density at radius 1 is 1.33 bits per heavy atom. The van der Waals surface area contributed by atoms with Crippen molar-refractivity contribution in [2.24, 2.45) is 0 Å². The molecule has 94 valence electrons. The average Bonchev–Trinajstić information content (AvgIpc) is 2.25. The van der Waals surface area contributed by atoms with Crippen molar-refractivity contribution >= 4 is 16.1 Å². The van der Waals surface area contributed by atoms with Gasteiger partial charge in [-0.2, -0.15) is 0 Å². The second kappa shape index (κ2) is 7.91. The zero-order chi connectivity index (χ0) is 12.9. The third kappa shape index (κ3) is 5.49. The Bertz CT molecular complexity index is 498. The number of hydrogen-bond acceptors (Lipinski definition) is 5. The minimum absolute atomic E-state index is 0. The SMILES string of the molecule is CCCCC(=O)Oc1ccccc1S(=O)(=O)[O-].[Na+]. The summed E-state index contributed by atoms with van der Waals surface area (Å²) in [4.78, 5) is 10.8. The molecule has 0 radical (unpaired) electrons. The van der Waals surface area contributed by atoms with Crippen LogP contribution in [0.15, 0.2) is 29.2 Å². The molecule has 0 saturated heterocycles. The quantitative estimate of drug-likeness (QED) is 0.289. The van der Waals surface area contributed by atoms with E-state index in [9.17, 15) is 17.8 Å². The van der Waals surface area contributed by atoms with Crippen LogP contribution in [-0.4, -0.2) is 18.9 Å². The molecule has 1 rings (SSSR count). The summed E-state index contributed by atoms with van der Waals surface area (Å²) in [6, 6.07) is 5.30. The van der Waals surface area contributed by atoms with E-state index in [1.54, 1.807) is 0 Å². The van der Waals surface area contributed by atoms with Gasteiger partial charge in [-0.3, -0.25) is 4.79 Å². The molecule has 0 aliphatic heterocycles. The Kier molecular flexibility index (Phi) is 7.73. The van der Waals surface area contributed by atoms with E-state index in [4.69, 9.17) is 4.74 Å². The normalized spacial score (nSPS) is 10.6. The number of para-hydroxylation sites is 1. The smallest absolute Gasteiger partial charge is 0.744 e. The molecular weight excluding hydrogens is 267 g/mol. The van der Waals surface area contributed by atoms with Crippen LogP contribution in [0.3, 0.4) is 0 Å². The topological polar surface area (TPSA) is 83.5 Å². The predicted molar refractivity (Wildman–Crippen MR) is 59.6 cm³/mol. The maximum Gasteiger partial charge on any atom is 1.00 e. The van der Waals surface area contributed by atoms with Gasteiger partial charge in [0, 0.05) is 6.42 Å². The van der Waals surface area contributed by atoms with Crippen LogP contribution in [0.2, 0.25) is 0 Å². The van der Waals surface area contributed by atoms with Gasteiger partial charge in [0.1, 0.15) is 15.9 Å². The first-order valence-corrected chi connectivity index (χ1v) is 6.61. The Balaban J connectivity index is 0.00000289. The van der Waals surface area contributed by atoms with Crippen LogP contribution >= 0.6 is 0 Å². The molecular formula is C11H13NaO5S. The van der Waals surface area contributed by atoms with Crippen LogP contribution in [0.1, 0.15) is 26.2 Å². The first-order chi connectivity index (χ1) is 7.95. The van der Waals surface area contributed by atoms with Gasteiger partial charge in [-0.15, -0.1) is 0 Å². The van der Waals surface area contributed by atoms with Crippen molar-refractivity contribution in [3.8, 4) is 5.75 Å². The number of esters is 1. The van der Waals surface area contributed by atoms with Crippen molar-refractivity contribution in [2.45, 2.75) is 31.1 Å². The molecule has 0 fully saturated rings. The van der Waals surface area contributed by atoms with E-state index in [-0.39, 0.29) is 41.7 Å². The van der Waals surface area contributed by atoms with Crippen LogP contribution in [0.4, 0.5) is 0 Å². The zero-order valence-corrected chi connectivity index (χ0v) is 13.2. The van der Waals surface area contributed by atoms with Crippen LogP contribution in [0.25, 0.3) is 0 Å². The van der Waals surface area contributed by atoms with E-state index in [0.717, 1.165) is 12.5 Å². The van der Waals surface area contributed by atoms with Crippen LogP contribution in [0, 0.1) is 0 Å². The first-order valence-electron chi connectivity index (χ1n) is 5.20. The Morgan fingerprint density at radius 2 is 1.94 bits per heavy atom. The molecule has 0 bridgehead atoms. The van der Waals surface area contributed by atoms with Gasteiger partial charge in [0.2, 0.25) is 0 Å². The van der Waals surface area contributed by atoms with Gasteiger partial charge in [0.25, 0.3) is 0 Å². The van der Waals surface area contributed by atoms with Crippen molar-refractivity contribution in [3.05, 3.63) is 24.3 Å². The van der Waals surface area contributed by atoms with E-state index >= 15 is 0 Å². The molecule has 0 aliphatic carbocycles. The van der Waals surface area contributed by atoms with E-state index in [1.807, 2.05) is 6.92 Å². The van der Waals surface area contributed by atoms with Gasteiger partial charge in [-0.1, -0.05) is 25.5 Å². The maximum absolute atomic E-state index is 11.3. The van der Waals surface area contributed by atoms with E-state index < -0.39 is 21.0 Å². The predicted octanol–water partition coefficient (Wildman–Crippen LogP) is -1.31. The summed E-state index contributed by atoms with van der Waals surface area (Å²) < 4.78 is 37.6. The summed E-state index contributed by atoms with van der Waals surface area (Å²) in [6.45, 7) is 1.92. The van der Waals surface area contributed by atoms with Gasteiger partial charge < -0.3 is 9.29 Å². The first kappa shape index (κ1) is 17.6. The van der Waals surface area contributed by atoms with Gasteiger partial charge >= 0.3 is 35.5 Å². The van der Waals surface area contributed by atoms with Gasteiger partial charge in [0.05, 0.1) is 4.90 Å². The Hall–Kier alpha value is -0.400. The zero-order valence-electron chi connectivity index (χ0n) is 10.4. The number of hydrogen-bond donors (Lipinski definition) is 0. The summed E-state index contributed by atoms with van der Waals surface area (Å²) in [6.07, 6.45) is 1.69. The molecule has 0 atom stereocenters. The Morgan fingerprint density at radius 3 is 2.50 bits per heavy atom. The molecule has 1 aromatic rings. The van der Waals surface area contributed by atoms with E-state index in [1.165, 1.54) is 18.2 Å². The monoisotopic (exact) mass is 280 g/mol. The molecule has 0 heterocycles. The minimum Gasteiger partial charge on any atom is -0.744 e. The van der Waals surface area contributed by atoms with Crippen molar-refractivity contribution < 1.29 is 52.1 Å². The van der Waals surface area contributed by atoms with Gasteiger partial charge in [-0.25, -0.2) is 8.42 Å². The van der Waals surface area contributed by atoms with E-state index in [2.05, 4.69) is 0 Å². The summed E-state index contributed by atoms with van der Waals surface area (Å²) in [5.74, 6) is -0.744. The molecule has 0 spiro atoms. The average molecular weight is 280 g/mol. The van der Waals surface area contributed by atoms with Gasteiger partial charge in [-0.05, 0) is 18.6 Å². The molecule has 0 aromatic heterocycles. The molecule has 0 aliphatic rings. The molecule has 1 aromatic carbocycles. The minimum atomic E-state index is -4.63. The number of carbonyl (C=O) groups is 1. The standard InChI is InChI=1S/C11H14O5S.Na/c1-2-3-8-11(12)16-9-6-4-5-7-10(9)17(13,14)15;/h4-7H,2-3,8H2,1H3,(H,13,14,15);/q;+1/p-1. The number of ether oxygens (including phenoxy) is 1. The second-order valence-corrected chi connectivity index (χ2v) is 4.83. The van der Waals surface area contributed by atoms with Crippen LogP contribution in [0.5, 0.6) is 5.75 Å². The Labute approximate surface area is 129 Å². The summed E-state index contributed by atoms with van der Waals surface area (Å²) in [7, 11) is -4.63.